The van der Waals surface area contributed by atoms with Gasteiger partial charge in [-0.25, -0.2) is 13.4 Å². The highest BCUT2D eigenvalue weighted by atomic mass is 35.5. The van der Waals surface area contributed by atoms with Gasteiger partial charge in [0.25, 0.3) is 0 Å². The molecule has 146 valence electrons. The van der Waals surface area contributed by atoms with Gasteiger partial charge in [-0.3, -0.25) is 0 Å². The van der Waals surface area contributed by atoms with Crippen molar-refractivity contribution in [2.75, 3.05) is 31.1 Å². The first-order valence-electron chi connectivity index (χ1n) is 7.82. The molecule has 1 aromatic carbocycles. The summed E-state index contributed by atoms with van der Waals surface area (Å²) < 4.78 is 64.8. The van der Waals surface area contributed by atoms with Gasteiger partial charge < -0.3 is 4.90 Å². The van der Waals surface area contributed by atoms with Crippen LogP contribution in [-0.2, 0) is 16.2 Å². The van der Waals surface area contributed by atoms with Crippen LogP contribution in [0.2, 0.25) is 10.0 Å². The Morgan fingerprint density at radius 3 is 2.26 bits per heavy atom. The standard InChI is InChI=1S/C16H14Cl2F3N3O2S/c17-12-2-1-3-13(9-12)27(25,26)24-6-4-23(5-7-24)15-14(18)8-11(10-22-15)16(19,20)21/h1-3,8-10H,4-7H2. The average molecular weight is 440 g/mol. The molecule has 11 heteroatoms. The van der Waals surface area contributed by atoms with Crippen LogP contribution in [0.25, 0.3) is 0 Å². The zero-order chi connectivity index (χ0) is 19.8. The summed E-state index contributed by atoms with van der Waals surface area (Å²) >= 11 is 11.8. The van der Waals surface area contributed by atoms with E-state index in [1.54, 1.807) is 17.0 Å². The number of hydrogen-bond donors (Lipinski definition) is 0. The highest BCUT2D eigenvalue weighted by Crippen LogP contribution is 2.34. The molecule has 0 unspecified atom stereocenters. The fraction of sp³-hybridized carbons (Fsp3) is 0.312. The molecule has 0 amide bonds. The molecule has 2 heterocycles. The molecule has 1 aliphatic rings. The predicted octanol–water partition coefficient (Wildman–Crippen LogP) is 3.92. The molecule has 1 saturated heterocycles. The van der Waals surface area contributed by atoms with E-state index in [1.165, 1.54) is 16.4 Å². The molecule has 0 aliphatic carbocycles. The molecule has 0 bridgehead atoms. The Hall–Kier alpha value is -1.55. The average Bonchev–Trinajstić information content (AvgIpc) is 2.61. The van der Waals surface area contributed by atoms with Gasteiger partial charge in [-0.15, -0.1) is 0 Å². The predicted molar refractivity (Wildman–Crippen MR) is 96.7 cm³/mol. The second-order valence-electron chi connectivity index (χ2n) is 5.88. The molecule has 1 aliphatic heterocycles. The molecule has 0 N–H and O–H groups in total. The quantitative estimate of drug-likeness (QED) is 0.727. The Morgan fingerprint density at radius 2 is 1.70 bits per heavy atom. The first-order valence-corrected chi connectivity index (χ1v) is 10.0. The highest BCUT2D eigenvalue weighted by molar-refractivity contribution is 7.89. The fourth-order valence-electron chi connectivity index (χ4n) is 2.74. The molecule has 0 radical (unpaired) electrons. The van der Waals surface area contributed by atoms with E-state index in [9.17, 15) is 21.6 Å². The zero-order valence-electron chi connectivity index (χ0n) is 13.7. The van der Waals surface area contributed by atoms with E-state index in [1.807, 2.05) is 0 Å². The normalized spacial score (nSPS) is 16.6. The first kappa shape index (κ1) is 20.2. The van der Waals surface area contributed by atoms with Gasteiger partial charge in [0.05, 0.1) is 15.5 Å². The molecular formula is C16H14Cl2F3N3O2S. The third-order valence-corrected chi connectivity index (χ3v) is 6.53. The van der Waals surface area contributed by atoms with Crippen molar-refractivity contribution in [2.45, 2.75) is 11.1 Å². The lowest BCUT2D eigenvalue weighted by Gasteiger charge is -2.35. The zero-order valence-corrected chi connectivity index (χ0v) is 16.1. The molecule has 3 rings (SSSR count). The van der Waals surface area contributed by atoms with E-state index < -0.39 is 21.8 Å². The van der Waals surface area contributed by atoms with Crippen LogP contribution in [0.1, 0.15) is 5.56 Å². The van der Waals surface area contributed by atoms with Crippen molar-refractivity contribution < 1.29 is 21.6 Å². The minimum atomic E-state index is -4.53. The number of sulfonamides is 1. The summed E-state index contributed by atoms with van der Waals surface area (Å²) in [7, 11) is -3.71. The van der Waals surface area contributed by atoms with Crippen molar-refractivity contribution in [3.63, 3.8) is 0 Å². The monoisotopic (exact) mass is 439 g/mol. The number of nitrogens with zero attached hydrogens (tertiary/aromatic N) is 3. The van der Waals surface area contributed by atoms with Gasteiger partial charge in [0, 0.05) is 37.4 Å². The van der Waals surface area contributed by atoms with Crippen LogP contribution in [0.5, 0.6) is 0 Å². The van der Waals surface area contributed by atoms with Gasteiger partial charge in [0.2, 0.25) is 10.0 Å². The summed E-state index contributed by atoms with van der Waals surface area (Å²) in [4.78, 5) is 5.56. The van der Waals surface area contributed by atoms with Crippen LogP contribution in [0.3, 0.4) is 0 Å². The van der Waals surface area contributed by atoms with Crippen molar-refractivity contribution >= 4 is 39.0 Å². The van der Waals surface area contributed by atoms with E-state index in [4.69, 9.17) is 23.2 Å². The number of rotatable bonds is 3. The molecule has 0 spiro atoms. The maximum atomic E-state index is 12.7. The lowest BCUT2D eigenvalue weighted by atomic mass is 10.2. The summed E-state index contributed by atoms with van der Waals surface area (Å²) in [5.74, 6) is 0.199. The lowest BCUT2D eigenvalue weighted by Crippen LogP contribution is -2.49. The molecule has 5 nitrogen and oxygen atoms in total. The Kier molecular flexibility index (Phi) is 5.58. The van der Waals surface area contributed by atoms with Crippen LogP contribution in [0, 0.1) is 0 Å². The minimum Gasteiger partial charge on any atom is -0.353 e. The molecule has 2 aromatic rings. The number of hydrogen-bond acceptors (Lipinski definition) is 4. The van der Waals surface area contributed by atoms with Crippen molar-refractivity contribution in [1.82, 2.24) is 9.29 Å². The van der Waals surface area contributed by atoms with E-state index in [0.29, 0.717) is 5.02 Å². The van der Waals surface area contributed by atoms with E-state index in [-0.39, 0.29) is 41.9 Å². The third-order valence-electron chi connectivity index (χ3n) is 4.12. The minimum absolute atomic E-state index is 0.0918. The Labute approximate surface area is 164 Å². The van der Waals surface area contributed by atoms with Gasteiger partial charge in [-0.05, 0) is 24.3 Å². The number of anilines is 1. The topological polar surface area (TPSA) is 53.5 Å². The van der Waals surface area contributed by atoms with Crippen molar-refractivity contribution in [3.8, 4) is 0 Å². The summed E-state index contributed by atoms with van der Waals surface area (Å²) in [6, 6.07) is 6.78. The van der Waals surface area contributed by atoms with E-state index in [0.717, 1.165) is 12.3 Å². The number of aromatic nitrogens is 1. The maximum Gasteiger partial charge on any atom is 0.417 e. The van der Waals surface area contributed by atoms with Crippen molar-refractivity contribution in [3.05, 3.63) is 52.1 Å². The summed E-state index contributed by atoms with van der Waals surface area (Å²) in [5, 5.41) is 0.187. The molecule has 0 saturated carbocycles. The van der Waals surface area contributed by atoms with Gasteiger partial charge in [-0.2, -0.15) is 17.5 Å². The van der Waals surface area contributed by atoms with Crippen LogP contribution in [-0.4, -0.2) is 43.9 Å². The molecule has 1 fully saturated rings. The summed E-state index contributed by atoms with van der Waals surface area (Å²) in [5.41, 5.74) is -0.932. The molecule has 1 aromatic heterocycles. The maximum absolute atomic E-state index is 12.7. The Morgan fingerprint density at radius 1 is 1.04 bits per heavy atom. The summed E-state index contributed by atoms with van der Waals surface area (Å²) in [6.07, 6.45) is -3.81. The van der Waals surface area contributed by atoms with Crippen molar-refractivity contribution in [2.24, 2.45) is 0 Å². The van der Waals surface area contributed by atoms with Crippen LogP contribution in [0.4, 0.5) is 19.0 Å². The van der Waals surface area contributed by atoms with Crippen LogP contribution >= 0.6 is 23.2 Å². The SMILES string of the molecule is O=S(=O)(c1cccc(Cl)c1)N1CCN(c2ncc(C(F)(F)F)cc2Cl)CC1. The molecule has 27 heavy (non-hydrogen) atoms. The Balaban J connectivity index is 1.74. The number of piperazine rings is 1. The largest absolute Gasteiger partial charge is 0.417 e. The number of pyridine rings is 1. The van der Waals surface area contributed by atoms with E-state index >= 15 is 0 Å². The second-order valence-corrected chi connectivity index (χ2v) is 8.66. The van der Waals surface area contributed by atoms with Gasteiger partial charge in [0.15, 0.2) is 0 Å². The lowest BCUT2D eigenvalue weighted by molar-refractivity contribution is -0.137. The Bertz CT molecular complexity index is 946. The molecule has 0 atom stereocenters. The first-order chi connectivity index (χ1) is 12.6. The van der Waals surface area contributed by atoms with Gasteiger partial charge in [-0.1, -0.05) is 29.3 Å². The van der Waals surface area contributed by atoms with Crippen LogP contribution < -0.4 is 4.90 Å². The fourth-order valence-corrected chi connectivity index (χ4v) is 4.74. The smallest absolute Gasteiger partial charge is 0.353 e. The van der Waals surface area contributed by atoms with Crippen LogP contribution in [0.15, 0.2) is 41.4 Å². The van der Waals surface area contributed by atoms with Crippen molar-refractivity contribution in [1.29, 1.82) is 0 Å². The van der Waals surface area contributed by atoms with E-state index in [2.05, 4.69) is 4.98 Å². The van der Waals surface area contributed by atoms with Gasteiger partial charge >= 0.3 is 6.18 Å². The number of alkyl halides is 3. The second kappa shape index (κ2) is 7.46. The van der Waals surface area contributed by atoms with Gasteiger partial charge in [0.1, 0.15) is 5.82 Å². The highest BCUT2D eigenvalue weighted by Gasteiger charge is 2.33. The number of benzene rings is 1. The molecular weight excluding hydrogens is 426 g/mol. The number of halogens is 5. The summed E-state index contributed by atoms with van der Waals surface area (Å²) in [6.45, 7) is 0.789. The third kappa shape index (κ3) is 4.31.